The zero-order valence-corrected chi connectivity index (χ0v) is 13.8. The average molecular weight is 366 g/mol. The Kier molecular flexibility index (Phi) is 4.99. The van der Waals surface area contributed by atoms with E-state index < -0.39 is 16.6 Å². The van der Waals surface area contributed by atoms with Crippen molar-refractivity contribution in [1.29, 1.82) is 0 Å². The third-order valence-corrected chi connectivity index (χ3v) is 3.52. The zero-order chi connectivity index (χ0) is 15.7. The minimum absolute atomic E-state index is 0.0136. The van der Waals surface area contributed by atoms with Crippen LogP contribution < -0.4 is 4.90 Å². The molecule has 20 heavy (non-hydrogen) atoms. The van der Waals surface area contributed by atoms with E-state index in [1.807, 2.05) is 0 Å². The van der Waals surface area contributed by atoms with Crippen LogP contribution in [0.2, 0.25) is 5.02 Å². The van der Waals surface area contributed by atoms with Crippen molar-refractivity contribution >= 4 is 45.0 Å². The Bertz CT molecular complexity index is 557. The van der Waals surface area contributed by atoms with E-state index >= 15 is 0 Å². The van der Waals surface area contributed by atoms with Gasteiger partial charge in [0, 0.05) is 17.6 Å². The number of amides is 1. The Balaban J connectivity index is 3.27. The molecule has 0 radical (unpaired) electrons. The fourth-order valence-corrected chi connectivity index (χ4v) is 2.02. The molecule has 8 heteroatoms. The molecule has 0 spiro atoms. The molecule has 110 valence electrons. The van der Waals surface area contributed by atoms with Gasteiger partial charge < -0.3 is 4.74 Å². The molecule has 0 saturated carbocycles. The highest BCUT2D eigenvalue weighted by atomic mass is 79.9. The lowest BCUT2D eigenvalue weighted by atomic mass is 10.2. The van der Waals surface area contributed by atoms with E-state index in [1.165, 1.54) is 19.2 Å². The molecule has 0 aliphatic heterocycles. The highest BCUT2D eigenvalue weighted by Gasteiger charge is 2.29. The summed E-state index contributed by atoms with van der Waals surface area (Å²) < 4.78 is 5.63. The Morgan fingerprint density at radius 1 is 1.45 bits per heavy atom. The van der Waals surface area contributed by atoms with E-state index in [0.29, 0.717) is 4.47 Å². The maximum absolute atomic E-state index is 12.0. The predicted molar refractivity (Wildman–Crippen MR) is 80.4 cm³/mol. The van der Waals surface area contributed by atoms with E-state index in [4.69, 9.17) is 16.3 Å². The van der Waals surface area contributed by atoms with Crippen molar-refractivity contribution < 1.29 is 14.5 Å². The lowest BCUT2D eigenvalue weighted by Crippen LogP contribution is -2.34. The first-order valence-corrected chi connectivity index (χ1v) is 6.81. The third kappa shape index (κ3) is 3.83. The summed E-state index contributed by atoms with van der Waals surface area (Å²) in [4.78, 5) is 23.5. The molecule has 0 unspecified atom stereocenters. The molecule has 0 N–H and O–H groups in total. The lowest BCUT2D eigenvalue weighted by molar-refractivity contribution is -0.384. The van der Waals surface area contributed by atoms with Crippen molar-refractivity contribution in [2.75, 3.05) is 11.9 Å². The van der Waals surface area contributed by atoms with Crippen molar-refractivity contribution in [3.05, 3.63) is 31.7 Å². The second kappa shape index (κ2) is 5.97. The van der Waals surface area contributed by atoms with Crippen LogP contribution in [0.3, 0.4) is 0 Å². The van der Waals surface area contributed by atoms with Crippen LogP contribution in [0.4, 0.5) is 16.2 Å². The number of carbonyl (C=O) groups excluding carboxylic acids is 1. The smallest absolute Gasteiger partial charge is 0.414 e. The first-order valence-electron chi connectivity index (χ1n) is 5.63. The lowest BCUT2D eigenvalue weighted by Gasteiger charge is -2.25. The normalized spacial score (nSPS) is 11.1. The van der Waals surface area contributed by atoms with Crippen molar-refractivity contribution in [2.24, 2.45) is 0 Å². The molecule has 0 aromatic heterocycles. The Morgan fingerprint density at radius 3 is 2.45 bits per heavy atom. The number of carbonyl (C=O) groups is 1. The SMILES string of the molecule is CN(C(=O)OC(C)(C)C)c1c([N+](=O)[O-])ccc(Br)c1Cl. The standard InChI is InChI=1S/C12H14BrClN2O4/c1-12(2,3)20-11(17)15(4)10-8(16(18)19)6-5-7(13)9(10)14/h5-6H,1-4H3. The number of nitro groups is 1. The van der Waals surface area contributed by atoms with E-state index in [0.717, 1.165) is 4.90 Å². The van der Waals surface area contributed by atoms with Gasteiger partial charge in [0.2, 0.25) is 0 Å². The monoisotopic (exact) mass is 364 g/mol. The van der Waals surface area contributed by atoms with Crippen LogP contribution in [0, 0.1) is 10.1 Å². The Labute approximate surface area is 129 Å². The quantitative estimate of drug-likeness (QED) is 0.576. The summed E-state index contributed by atoms with van der Waals surface area (Å²) >= 11 is 9.23. The number of hydrogen-bond donors (Lipinski definition) is 0. The van der Waals surface area contributed by atoms with Gasteiger partial charge >= 0.3 is 6.09 Å². The molecule has 1 aromatic rings. The largest absolute Gasteiger partial charge is 0.443 e. The van der Waals surface area contributed by atoms with Crippen LogP contribution in [0.5, 0.6) is 0 Å². The van der Waals surface area contributed by atoms with Gasteiger partial charge in [0.15, 0.2) is 0 Å². The van der Waals surface area contributed by atoms with Gasteiger partial charge in [0.25, 0.3) is 5.69 Å². The predicted octanol–water partition coefficient (Wildman–Crippen LogP) is 4.38. The van der Waals surface area contributed by atoms with E-state index in [2.05, 4.69) is 15.9 Å². The second-order valence-electron chi connectivity index (χ2n) is 5.03. The fraction of sp³-hybridized carbons (Fsp3) is 0.417. The van der Waals surface area contributed by atoms with Gasteiger partial charge in [0.05, 0.1) is 9.95 Å². The molecular weight excluding hydrogens is 351 g/mol. The van der Waals surface area contributed by atoms with Crippen LogP contribution in [0.1, 0.15) is 20.8 Å². The highest BCUT2D eigenvalue weighted by Crippen LogP contribution is 2.40. The maximum atomic E-state index is 12.0. The number of nitro benzene ring substituents is 1. The number of benzene rings is 1. The Hall–Kier alpha value is -1.34. The summed E-state index contributed by atoms with van der Waals surface area (Å²) in [6.07, 6.45) is -0.722. The first kappa shape index (κ1) is 16.7. The molecule has 6 nitrogen and oxygen atoms in total. The van der Waals surface area contributed by atoms with Crippen LogP contribution in [0.25, 0.3) is 0 Å². The summed E-state index contributed by atoms with van der Waals surface area (Å²) in [6.45, 7) is 5.11. The highest BCUT2D eigenvalue weighted by molar-refractivity contribution is 9.10. The molecule has 1 rings (SSSR count). The third-order valence-electron chi connectivity index (χ3n) is 2.25. The molecule has 0 aliphatic rings. The van der Waals surface area contributed by atoms with Crippen LogP contribution >= 0.6 is 27.5 Å². The summed E-state index contributed by atoms with van der Waals surface area (Å²) in [7, 11) is 1.37. The van der Waals surface area contributed by atoms with Gasteiger partial charge in [-0.3, -0.25) is 15.0 Å². The van der Waals surface area contributed by atoms with Gasteiger partial charge in [-0.1, -0.05) is 11.6 Å². The minimum atomic E-state index is -0.722. The van der Waals surface area contributed by atoms with E-state index in [-0.39, 0.29) is 16.4 Å². The van der Waals surface area contributed by atoms with Crippen LogP contribution in [-0.4, -0.2) is 23.7 Å². The number of anilines is 1. The number of hydrogen-bond acceptors (Lipinski definition) is 4. The number of rotatable bonds is 2. The summed E-state index contributed by atoms with van der Waals surface area (Å²) in [6, 6.07) is 2.72. The molecule has 1 aromatic carbocycles. The minimum Gasteiger partial charge on any atom is -0.443 e. The second-order valence-corrected chi connectivity index (χ2v) is 6.26. The van der Waals surface area contributed by atoms with Crippen molar-refractivity contribution in [3.8, 4) is 0 Å². The average Bonchev–Trinajstić information content (AvgIpc) is 2.29. The van der Waals surface area contributed by atoms with E-state index in [1.54, 1.807) is 20.8 Å². The molecular formula is C12H14BrClN2O4. The van der Waals surface area contributed by atoms with Crippen molar-refractivity contribution in [2.45, 2.75) is 26.4 Å². The molecule has 0 heterocycles. The van der Waals surface area contributed by atoms with E-state index in [9.17, 15) is 14.9 Å². The number of nitrogens with zero attached hydrogens (tertiary/aromatic N) is 2. The molecule has 0 aliphatic carbocycles. The molecule has 0 saturated heterocycles. The maximum Gasteiger partial charge on any atom is 0.414 e. The summed E-state index contributed by atoms with van der Waals surface area (Å²) in [5, 5.41) is 11.1. The van der Waals surface area contributed by atoms with Gasteiger partial charge in [-0.15, -0.1) is 0 Å². The van der Waals surface area contributed by atoms with Crippen LogP contribution in [0.15, 0.2) is 16.6 Å². The van der Waals surface area contributed by atoms with Crippen molar-refractivity contribution in [1.82, 2.24) is 0 Å². The van der Waals surface area contributed by atoms with Gasteiger partial charge in [-0.2, -0.15) is 0 Å². The first-order chi connectivity index (χ1) is 9.04. The zero-order valence-electron chi connectivity index (χ0n) is 11.4. The summed E-state index contributed by atoms with van der Waals surface area (Å²) in [5.41, 5.74) is -0.995. The van der Waals surface area contributed by atoms with Crippen LogP contribution in [-0.2, 0) is 4.74 Å². The Morgan fingerprint density at radius 2 is 2.00 bits per heavy atom. The van der Waals surface area contributed by atoms with Gasteiger partial charge in [-0.25, -0.2) is 4.79 Å². The van der Waals surface area contributed by atoms with Crippen molar-refractivity contribution in [3.63, 3.8) is 0 Å². The molecule has 0 fully saturated rings. The number of ether oxygens (including phenoxy) is 1. The van der Waals surface area contributed by atoms with Gasteiger partial charge in [0.1, 0.15) is 11.3 Å². The van der Waals surface area contributed by atoms with Gasteiger partial charge in [-0.05, 0) is 42.8 Å². The number of halogens is 2. The topological polar surface area (TPSA) is 72.7 Å². The molecule has 0 atom stereocenters. The molecule has 1 amide bonds. The summed E-state index contributed by atoms with van der Waals surface area (Å²) in [5.74, 6) is 0. The molecule has 0 bridgehead atoms. The fourth-order valence-electron chi connectivity index (χ4n) is 1.42.